The number of nitrogens with zero attached hydrogens (tertiary/aromatic N) is 1. The van der Waals surface area contributed by atoms with Crippen LogP contribution in [0, 0.1) is 33.6 Å². The molecule has 2 N–H and O–H groups in total. The summed E-state index contributed by atoms with van der Waals surface area (Å²) >= 11 is 0. The molecular weight excluding hydrogens is 604 g/mol. The Morgan fingerprint density at radius 1 is 0.762 bits per heavy atom. The van der Waals surface area contributed by atoms with Gasteiger partial charge in [-0.25, -0.2) is 8.42 Å². The van der Waals surface area contributed by atoms with Gasteiger partial charge in [0.2, 0.25) is 10.0 Å². The van der Waals surface area contributed by atoms with E-state index in [-0.39, 0.29) is 22.9 Å². The summed E-state index contributed by atoms with van der Waals surface area (Å²) < 4.78 is 30.1. The lowest BCUT2D eigenvalue weighted by molar-refractivity contribution is 0.219. The second-order valence-corrected chi connectivity index (χ2v) is 13.9. The normalized spacial score (nSPS) is 14.0. The molecule has 0 heterocycles. The van der Waals surface area contributed by atoms with Crippen molar-refractivity contribution in [3.05, 3.63) is 112 Å². The van der Waals surface area contributed by atoms with Crippen molar-refractivity contribution in [3.8, 4) is 0 Å². The number of hydrogen-bond donors (Lipinski definition) is 1. The molecule has 0 spiro atoms. The van der Waals surface area contributed by atoms with Crippen LogP contribution in [0.15, 0.2) is 83.8 Å². The third-order valence-corrected chi connectivity index (χ3v) is 10.3. The molecule has 6 heteroatoms. The van der Waals surface area contributed by atoms with Crippen molar-refractivity contribution in [2.24, 2.45) is 11.7 Å². The fraction of sp³-hybridized carbons (Fsp3) is 0.389. The van der Waals surface area contributed by atoms with Gasteiger partial charge in [0.1, 0.15) is 0 Å². The molecule has 0 bridgehead atoms. The zero-order chi connectivity index (χ0) is 29.8. The van der Waals surface area contributed by atoms with Gasteiger partial charge in [-0.05, 0) is 86.9 Å². The van der Waals surface area contributed by atoms with Crippen LogP contribution in [0.3, 0.4) is 0 Å². The molecule has 4 aromatic rings. The molecule has 0 aliphatic carbocycles. The molecule has 4 nitrogen and oxygen atoms in total. The number of rotatable bonds is 12. The molecule has 0 amide bonds. The lowest BCUT2D eigenvalue weighted by atomic mass is 9.74. The summed E-state index contributed by atoms with van der Waals surface area (Å²) in [6.45, 7) is 13.4. The van der Waals surface area contributed by atoms with Crippen LogP contribution in [-0.2, 0) is 23.0 Å². The topological polar surface area (TPSA) is 63.4 Å². The van der Waals surface area contributed by atoms with E-state index in [1.807, 2.05) is 30.3 Å². The number of fused-ring (bicyclic) bond motifs is 1. The van der Waals surface area contributed by atoms with Crippen molar-refractivity contribution in [2.75, 3.05) is 6.54 Å². The van der Waals surface area contributed by atoms with Crippen molar-refractivity contribution in [1.29, 1.82) is 0 Å². The van der Waals surface area contributed by atoms with Crippen molar-refractivity contribution >= 4 is 37.8 Å². The Balaban J connectivity index is 0.00000484. The molecule has 0 aromatic heterocycles. The van der Waals surface area contributed by atoms with Gasteiger partial charge in [-0.2, -0.15) is 4.31 Å². The highest BCUT2D eigenvalue weighted by atomic mass is 79.9. The van der Waals surface area contributed by atoms with Crippen LogP contribution >= 0.6 is 17.0 Å². The van der Waals surface area contributed by atoms with Gasteiger partial charge >= 0.3 is 0 Å². The first-order chi connectivity index (χ1) is 19.4. The minimum absolute atomic E-state index is 0. The van der Waals surface area contributed by atoms with Crippen molar-refractivity contribution in [1.82, 2.24) is 4.31 Å². The molecule has 4 aromatic carbocycles. The number of benzene rings is 4. The lowest BCUT2D eigenvalue weighted by Crippen LogP contribution is -2.49. The van der Waals surface area contributed by atoms with E-state index in [2.05, 4.69) is 77.9 Å². The average Bonchev–Trinajstić information content (AvgIpc) is 2.91. The van der Waals surface area contributed by atoms with Gasteiger partial charge in [-0.1, -0.05) is 109 Å². The number of hydrogen-bond acceptors (Lipinski definition) is 3. The van der Waals surface area contributed by atoms with Gasteiger partial charge in [-0.3, -0.25) is 0 Å². The first-order valence-electron chi connectivity index (χ1n) is 14.9. The molecule has 0 saturated heterocycles. The second-order valence-electron chi connectivity index (χ2n) is 12.0. The summed E-state index contributed by atoms with van der Waals surface area (Å²) in [5.74, 6) is 0.168. The largest absolute Gasteiger partial charge is 0.325 e. The predicted molar refractivity (Wildman–Crippen MR) is 183 cm³/mol. The van der Waals surface area contributed by atoms with Crippen molar-refractivity contribution in [3.63, 3.8) is 0 Å². The first-order valence-corrected chi connectivity index (χ1v) is 16.3. The Labute approximate surface area is 264 Å². The molecule has 2 atom stereocenters. The number of sulfonamides is 1. The van der Waals surface area contributed by atoms with Gasteiger partial charge in [0, 0.05) is 18.6 Å². The fourth-order valence-corrected chi connectivity index (χ4v) is 7.91. The maximum absolute atomic E-state index is 14.2. The summed E-state index contributed by atoms with van der Waals surface area (Å²) in [6, 6.07) is 26.3. The van der Waals surface area contributed by atoms with E-state index in [9.17, 15) is 8.42 Å². The third-order valence-electron chi connectivity index (χ3n) is 8.50. The fourth-order valence-electron chi connectivity index (χ4n) is 6.43. The zero-order valence-corrected chi connectivity index (χ0v) is 28.5. The Bertz CT molecular complexity index is 1580. The molecule has 42 heavy (non-hydrogen) atoms. The molecule has 226 valence electrons. The van der Waals surface area contributed by atoms with Gasteiger partial charge < -0.3 is 5.73 Å². The molecule has 4 rings (SSSR count). The lowest BCUT2D eigenvalue weighted by Gasteiger charge is -2.38. The van der Waals surface area contributed by atoms with Crippen LogP contribution in [0.25, 0.3) is 10.8 Å². The monoisotopic (exact) mass is 650 g/mol. The number of halogens is 1. The minimum atomic E-state index is -3.75. The maximum Gasteiger partial charge on any atom is 0.243 e. The van der Waals surface area contributed by atoms with E-state index in [1.54, 1.807) is 16.4 Å². The van der Waals surface area contributed by atoms with E-state index in [0.29, 0.717) is 24.4 Å². The summed E-state index contributed by atoms with van der Waals surface area (Å²) in [4.78, 5) is 0.332. The summed E-state index contributed by atoms with van der Waals surface area (Å²) in [5, 5.41) is 1.95. The third kappa shape index (κ3) is 8.10. The molecule has 2 unspecified atom stereocenters. The summed E-state index contributed by atoms with van der Waals surface area (Å²) in [5.41, 5.74) is 13.8. The highest BCUT2D eigenvalue weighted by Crippen LogP contribution is 2.32. The van der Waals surface area contributed by atoms with E-state index in [1.165, 1.54) is 16.7 Å². The van der Waals surface area contributed by atoms with Crippen molar-refractivity contribution in [2.45, 2.75) is 84.2 Å². The Morgan fingerprint density at radius 3 is 1.86 bits per heavy atom. The van der Waals surface area contributed by atoms with Crippen LogP contribution in [0.2, 0.25) is 0 Å². The Kier molecular flexibility index (Phi) is 11.6. The van der Waals surface area contributed by atoms with E-state index < -0.39 is 15.6 Å². The predicted octanol–water partition coefficient (Wildman–Crippen LogP) is 8.61. The molecule has 0 radical (unpaired) electrons. The van der Waals surface area contributed by atoms with Crippen LogP contribution in [0.1, 0.15) is 66.5 Å². The second kappa shape index (κ2) is 14.3. The first kappa shape index (κ1) is 34.0. The quantitative estimate of drug-likeness (QED) is 0.167. The molecule has 0 aliphatic rings. The SMILES string of the molecule is Br.CCC(CCN(Cc1cc(C)cc(C)c1)S(=O)(=O)c1ccc2ccccc2c1)C(N)(CC)Cc1cc(C)cc(C)c1. The molecule has 0 saturated carbocycles. The molecular formula is C36H47BrN2O2S. The maximum atomic E-state index is 14.2. The van der Waals surface area contributed by atoms with Gasteiger partial charge in [0.25, 0.3) is 0 Å². The van der Waals surface area contributed by atoms with Gasteiger partial charge in [0.15, 0.2) is 0 Å². The molecule has 0 fully saturated rings. The smallest absolute Gasteiger partial charge is 0.243 e. The highest BCUT2D eigenvalue weighted by Gasteiger charge is 2.34. The van der Waals surface area contributed by atoms with Crippen LogP contribution in [0.5, 0.6) is 0 Å². The van der Waals surface area contributed by atoms with E-state index in [4.69, 9.17) is 5.73 Å². The van der Waals surface area contributed by atoms with Crippen LogP contribution in [-0.4, -0.2) is 24.8 Å². The molecule has 0 aliphatic heterocycles. The van der Waals surface area contributed by atoms with Crippen LogP contribution in [0.4, 0.5) is 0 Å². The van der Waals surface area contributed by atoms with Crippen LogP contribution < -0.4 is 5.73 Å². The zero-order valence-electron chi connectivity index (χ0n) is 26.0. The number of nitrogens with two attached hydrogens (primary N) is 1. The minimum Gasteiger partial charge on any atom is -0.325 e. The Hall–Kier alpha value is -2.51. The number of aryl methyl sites for hydroxylation is 4. The average molecular weight is 652 g/mol. The van der Waals surface area contributed by atoms with Gasteiger partial charge in [-0.15, -0.1) is 17.0 Å². The summed E-state index contributed by atoms with van der Waals surface area (Å²) in [7, 11) is -3.75. The Morgan fingerprint density at radius 2 is 1.31 bits per heavy atom. The highest BCUT2D eigenvalue weighted by molar-refractivity contribution is 8.93. The standard InChI is InChI=1S/C36H46N2O2S.BrH/c1-7-34(36(37,8-2)24-30-19-26(3)17-27(4)20-30)15-16-38(25-31-21-28(5)18-29(6)22-31)41(39,40)35-14-13-32-11-9-10-12-33(32)23-35;/h9-14,17-23,34H,7-8,15-16,24-25,37H2,1-6H3;1H. The van der Waals surface area contributed by atoms with E-state index >= 15 is 0 Å². The summed E-state index contributed by atoms with van der Waals surface area (Å²) in [6.07, 6.45) is 3.19. The van der Waals surface area contributed by atoms with Gasteiger partial charge in [0.05, 0.1) is 4.90 Å². The van der Waals surface area contributed by atoms with E-state index in [0.717, 1.165) is 46.7 Å². The van der Waals surface area contributed by atoms with Crippen molar-refractivity contribution < 1.29 is 8.42 Å².